The third-order valence-corrected chi connectivity index (χ3v) is 3.80. The second-order valence-electron chi connectivity index (χ2n) is 4.04. The summed E-state index contributed by atoms with van der Waals surface area (Å²) < 4.78 is 0. The summed E-state index contributed by atoms with van der Waals surface area (Å²) in [6.45, 7) is 2.12. The number of rotatable bonds is 2. The molecule has 1 unspecified atom stereocenters. The van der Waals surface area contributed by atoms with Gasteiger partial charge in [-0.1, -0.05) is 36.4 Å². The maximum absolute atomic E-state index is 4.38. The summed E-state index contributed by atoms with van der Waals surface area (Å²) in [6.07, 6.45) is 0. The molecule has 1 atom stereocenters. The first kappa shape index (κ1) is 10.4. The van der Waals surface area contributed by atoms with Crippen LogP contribution in [0.3, 0.4) is 0 Å². The van der Waals surface area contributed by atoms with E-state index in [1.54, 1.807) is 11.3 Å². The molecule has 0 bridgehead atoms. The Labute approximate surface area is 104 Å². The molecule has 0 N–H and O–H groups in total. The van der Waals surface area contributed by atoms with Crippen molar-refractivity contribution < 1.29 is 0 Å². The molecule has 17 heavy (non-hydrogen) atoms. The highest BCUT2D eigenvalue weighted by molar-refractivity contribution is 7.11. The lowest BCUT2D eigenvalue weighted by molar-refractivity contribution is 0.836. The van der Waals surface area contributed by atoms with Gasteiger partial charge in [0.2, 0.25) is 0 Å². The average molecular weight is 240 g/mol. The molecule has 1 aromatic heterocycles. The van der Waals surface area contributed by atoms with Crippen LogP contribution in [0.1, 0.15) is 23.4 Å². The summed E-state index contributed by atoms with van der Waals surface area (Å²) in [7, 11) is 0. The van der Waals surface area contributed by atoms with Gasteiger partial charge in [0.25, 0.3) is 0 Å². The van der Waals surface area contributed by atoms with Crippen LogP contribution < -0.4 is 0 Å². The molecule has 1 aromatic carbocycles. The quantitative estimate of drug-likeness (QED) is 0.727. The molecule has 0 saturated heterocycles. The third kappa shape index (κ3) is 1.83. The maximum Gasteiger partial charge on any atom is 0.119 e. The molecule has 0 radical (unpaired) electrons. The average Bonchev–Trinajstić information content (AvgIpc) is 2.99. The SMILES string of the molecule is CC1=C(c2cccs2)N=NC1c1ccccc1. The van der Waals surface area contributed by atoms with E-state index in [9.17, 15) is 0 Å². The third-order valence-electron chi connectivity index (χ3n) is 2.93. The molecule has 2 aromatic rings. The Balaban J connectivity index is 2.00. The fraction of sp³-hybridized carbons (Fsp3) is 0.143. The molecule has 2 heterocycles. The van der Waals surface area contributed by atoms with Crippen LogP contribution in [-0.2, 0) is 0 Å². The minimum absolute atomic E-state index is 0.0910. The molecule has 0 amide bonds. The Morgan fingerprint density at radius 1 is 1.06 bits per heavy atom. The van der Waals surface area contributed by atoms with E-state index in [0.717, 1.165) is 5.70 Å². The van der Waals surface area contributed by atoms with Crippen molar-refractivity contribution in [2.24, 2.45) is 10.2 Å². The zero-order valence-corrected chi connectivity index (χ0v) is 10.3. The molecule has 0 aliphatic carbocycles. The minimum Gasteiger partial charge on any atom is -0.176 e. The van der Waals surface area contributed by atoms with Crippen molar-refractivity contribution in [3.8, 4) is 0 Å². The zero-order valence-electron chi connectivity index (χ0n) is 9.50. The first-order valence-corrected chi connectivity index (χ1v) is 6.44. The minimum atomic E-state index is 0.0910. The summed E-state index contributed by atoms with van der Waals surface area (Å²) in [6, 6.07) is 14.5. The van der Waals surface area contributed by atoms with Gasteiger partial charge in [-0.3, -0.25) is 0 Å². The highest BCUT2D eigenvalue weighted by Gasteiger charge is 2.22. The Bertz CT molecular complexity index is 568. The Morgan fingerprint density at radius 2 is 1.88 bits per heavy atom. The number of thiophene rings is 1. The summed E-state index contributed by atoms with van der Waals surface area (Å²) in [5.41, 5.74) is 3.48. The molecule has 0 spiro atoms. The van der Waals surface area contributed by atoms with E-state index in [1.165, 1.54) is 16.0 Å². The number of nitrogens with zero attached hydrogens (tertiary/aromatic N) is 2. The van der Waals surface area contributed by atoms with Gasteiger partial charge in [-0.15, -0.1) is 11.3 Å². The fourth-order valence-electron chi connectivity index (χ4n) is 2.02. The summed E-state index contributed by atoms with van der Waals surface area (Å²) >= 11 is 1.71. The fourth-order valence-corrected chi connectivity index (χ4v) is 2.79. The van der Waals surface area contributed by atoms with Crippen molar-refractivity contribution in [3.05, 3.63) is 63.9 Å². The van der Waals surface area contributed by atoms with Gasteiger partial charge >= 0.3 is 0 Å². The predicted octanol–water partition coefficient (Wildman–Crippen LogP) is 4.69. The normalized spacial score (nSPS) is 19.0. The second kappa shape index (κ2) is 4.26. The Hall–Kier alpha value is -1.74. The van der Waals surface area contributed by atoms with Crippen LogP contribution in [0.15, 0.2) is 63.6 Å². The zero-order chi connectivity index (χ0) is 11.7. The van der Waals surface area contributed by atoms with E-state index in [1.807, 2.05) is 24.3 Å². The van der Waals surface area contributed by atoms with Crippen molar-refractivity contribution in [1.29, 1.82) is 0 Å². The smallest absolute Gasteiger partial charge is 0.119 e. The maximum atomic E-state index is 4.38. The first-order chi connectivity index (χ1) is 8.36. The van der Waals surface area contributed by atoms with Crippen LogP contribution in [0.5, 0.6) is 0 Å². The van der Waals surface area contributed by atoms with Gasteiger partial charge in [-0.25, -0.2) is 0 Å². The van der Waals surface area contributed by atoms with Crippen LogP contribution in [0, 0.1) is 0 Å². The van der Waals surface area contributed by atoms with Gasteiger partial charge in [0, 0.05) is 0 Å². The Kier molecular flexibility index (Phi) is 2.61. The topological polar surface area (TPSA) is 24.7 Å². The van der Waals surface area contributed by atoms with E-state index in [2.05, 4.69) is 40.7 Å². The highest BCUT2D eigenvalue weighted by atomic mass is 32.1. The molecule has 84 valence electrons. The lowest BCUT2D eigenvalue weighted by atomic mass is 10.00. The van der Waals surface area contributed by atoms with E-state index in [4.69, 9.17) is 0 Å². The molecule has 0 fully saturated rings. The van der Waals surface area contributed by atoms with Crippen molar-refractivity contribution >= 4 is 17.0 Å². The van der Waals surface area contributed by atoms with Gasteiger partial charge in [0.1, 0.15) is 11.7 Å². The van der Waals surface area contributed by atoms with Crippen molar-refractivity contribution in [2.75, 3.05) is 0 Å². The lowest BCUT2D eigenvalue weighted by Gasteiger charge is -2.07. The van der Waals surface area contributed by atoms with Gasteiger partial charge in [0.05, 0.1) is 4.88 Å². The van der Waals surface area contributed by atoms with Crippen molar-refractivity contribution in [3.63, 3.8) is 0 Å². The van der Waals surface area contributed by atoms with Crippen LogP contribution in [-0.4, -0.2) is 0 Å². The lowest BCUT2D eigenvalue weighted by Crippen LogP contribution is -1.93. The number of azo groups is 1. The van der Waals surface area contributed by atoms with Gasteiger partial charge in [-0.05, 0) is 29.5 Å². The van der Waals surface area contributed by atoms with Crippen LogP contribution in [0.2, 0.25) is 0 Å². The highest BCUT2D eigenvalue weighted by Crippen LogP contribution is 2.39. The summed E-state index contributed by atoms with van der Waals surface area (Å²) in [5.74, 6) is 0. The van der Waals surface area contributed by atoms with Crippen LogP contribution in [0.25, 0.3) is 5.70 Å². The van der Waals surface area contributed by atoms with E-state index in [0.29, 0.717) is 0 Å². The molecule has 3 rings (SSSR count). The predicted molar refractivity (Wildman–Crippen MR) is 71.0 cm³/mol. The molecule has 2 nitrogen and oxygen atoms in total. The first-order valence-electron chi connectivity index (χ1n) is 5.57. The molecule has 1 aliphatic heterocycles. The molecular formula is C14H12N2S. The van der Waals surface area contributed by atoms with Gasteiger partial charge < -0.3 is 0 Å². The monoisotopic (exact) mass is 240 g/mol. The largest absolute Gasteiger partial charge is 0.176 e. The van der Waals surface area contributed by atoms with Gasteiger partial charge in [0.15, 0.2) is 0 Å². The van der Waals surface area contributed by atoms with Crippen LogP contribution >= 0.6 is 11.3 Å². The van der Waals surface area contributed by atoms with Crippen molar-refractivity contribution in [2.45, 2.75) is 13.0 Å². The second-order valence-corrected chi connectivity index (χ2v) is 4.99. The van der Waals surface area contributed by atoms with Gasteiger partial charge in [-0.2, -0.15) is 10.2 Å². The molecule has 1 aliphatic rings. The molecular weight excluding hydrogens is 228 g/mol. The standard InChI is InChI=1S/C14H12N2S/c1-10-13(11-6-3-2-4-7-11)15-16-14(10)12-8-5-9-17-12/h2-9,13H,1H3. The molecule has 0 saturated carbocycles. The van der Waals surface area contributed by atoms with E-state index in [-0.39, 0.29) is 6.04 Å². The van der Waals surface area contributed by atoms with E-state index >= 15 is 0 Å². The van der Waals surface area contributed by atoms with Crippen molar-refractivity contribution in [1.82, 2.24) is 0 Å². The van der Waals surface area contributed by atoms with Crippen LogP contribution in [0.4, 0.5) is 0 Å². The summed E-state index contributed by atoms with van der Waals surface area (Å²) in [5, 5.41) is 10.8. The number of hydrogen-bond acceptors (Lipinski definition) is 3. The number of hydrogen-bond donors (Lipinski definition) is 0. The van der Waals surface area contributed by atoms with E-state index < -0.39 is 0 Å². The summed E-state index contributed by atoms with van der Waals surface area (Å²) in [4.78, 5) is 1.20. The molecule has 3 heteroatoms. The number of benzene rings is 1. The Morgan fingerprint density at radius 3 is 2.59 bits per heavy atom.